The van der Waals surface area contributed by atoms with Gasteiger partial charge in [0.1, 0.15) is 0 Å². The van der Waals surface area contributed by atoms with Crippen LogP contribution in [0.2, 0.25) is 0 Å². The molecule has 31 heavy (non-hydrogen) atoms. The fourth-order valence-corrected chi connectivity index (χ4v) is 0.847. The van der Waals surface area contributed by atoms with E-state index in [0.717, 1.165) is 0 Å². The van der Waals surface area contributed by atoms with Gasteiger partial charge in [0.25, 0.3) is 0 Å². The Morgan fingerprint density at radius 2 is 1.42 bits per heavy atom. The molecule has 0 radical (unpaired) electrons. The quantitative estimate of drug-likeness (QED) is 0.346. The highest BCUT2D eigenvalue weighted by Gasteiger charge is 2.07. The van der Waals surface area contributed by atoms with Crippen molar-refractivity contribution in [2.24, 2.45) is 5.73 Å². The number of carboxylic acid groups (broad SMARTS) is 2. The molecule has 1 aromatic rings. The predicted molar refractivity (Wildman–Crippen MR) is 126 cm³/mol. The van der Waals surface area contributed by atoms with Gasteiger partial charge in [0.05, 0.1) is 12.5 Å². The van der Waals surface area contributed by atoms with E-state index >= 15 is 0 Å². The smallest absolute Gasteiger partial charge is 0.331 e. The van der Waals surface area contributed by atoms with Crippen molar-refractivity contribution < 1.29 is 24.6 Å². The number of carboxylic acids is 2. The molecule has 0 unspecified atom stereocenters. The molecular weight excluding hydrogens is 396 g/mol. The minimum absolute atomic E-state index is 0.303. The standard InChI is InChI=1S/C8H8.C5H6O4.C4H7NO.C4H6.C3H3N/c1-2-8-6-4-3-5-7-8;1-3(5(8)9)2-4(6)7;1-3(2)4(5)6;1-3-4-2;1-2-3-4/h2-7H,1H2;1-2H2,(H,6,7)(H,8,9);1H2,2H3,(H2,5,6);3-4H,1-2H2;2H,1H2. The first-order chi connectivity index (χ1) is 14.4. The maximum Gasteiger partial charge on any atom is 0.331 e. The number of hydrogen-bond acceptors (Lipinski definition) is 4. The first-order valence-electron chi connectivity index (χ1n) is 8.44. The summed E-state index contributed by atoms with van der Waals surface area (Å²) in [4.78, 5) is 29.5. The average Bonchev–Trinajstić information content (AvgIpc) is 2.75. The van der Waals surface area contributed by atoms with Crippen molar-refractivity contribution in [2.45, 2.75) is 13.3 Å². The summed E-state index contributed by atoms with van der Waals surface area (Å²) in [6.07, 6.45) is 5.79. The maximum absolute atomic E-state index is 9.87. The van der Waals surface area contributed by atoms with Crippen molar-refractivity contribution >= 4 is 23.9 Å². The molecule has 0 spiro atoms. The summed E-state index contributed by atoms with van der Waals surface area (Å²) < 4.78 is 0. The van der Waals surface area contributed by atoms with Crippen LogP contribution in [0.15, 0.2) is 99.2 Å². The Labute approximate surface area is 184 Å². The molecule has 0 saturated carbocycles. The van der Waals surface area contributed by atoms with Gasteiger partial charge in [-0.05, 0) is 12.5 Å². The molecule has 0 aliphatic heterocycles. The number of aliphatic carboxylic acids is 2. The van der Waals surface area contributed by atoms with Crippen LogP contribution in [-0.4, -0.2) is 28.1 Å². The van der Waals surface area contributed by atoms with Crippen molar-refractivity contribution in [1.82, 2.24) is 0 Å². The van der Waals surface area contributed by atoms with Crippen LogP contribution in [0.3, 0.4) is 0 Å². The molecule has 0 aromatic heterocycles. The lowest BCUT2D eigenvalue weighted by atomic mass is 10.2. The van der Waals surface area contributed by atoms with Gasteiger partial charge in [-0.15, -0.1) is 0 Å². The van der Waals surface area contributed by atoms with Crippen molar-refractivity contribution in [3.8, 4) is 6.07 Å². The van der Waals surface area contributed by atoms with E-state index in [0.29, 0.717) is 5.57 Å². The number of primary amides is 1. The lowest BCUT2D eigenvalue weighted by molar-refractivity contribution is -0.139. The fraction of sp³-hybridized carbons (Fsp3) is 0.0833. The molecule has 0 aliphatic carbocycles. The molecule has 7 heteroatoms. The van der Waals surface area contributed by atoms with E-state index in [4.69, 9.17) is 21.2 Å². The highest BCUT2D eigenvalue weighted by atomic mass is 16.4. The molecule has 1 amide bonds. The van der Waals surface area contributed by atoms with Gasteiger partial charge < -0.3 is 15.9 Å². The highest BCUT2D eigenvalue weighted by molar-refractivity contribution is 5.91. The average molecular weight is 427 g/mol. The van der Waals surface area contributed by atoms with Crippen LogP contribution < -0.4 is 5.73 Å². The second-order valence-corrected chi connectivity index (χ2v) is 5.04. The number of allylic oxidation sites excluding steroid dienone is 3. The zero-order chi connectivity index (χ0) is 25.2. The second-order valence-electron chi connectivity index (χ2n) is 5.04. The zero-order valence-electron chi connectivity index (χ0n) is 17.8. The first-order valence-corrected chi connectivity index (χ1v) is 8.44. The number of amides is 1. The summed E-state index contributed by atoms with van der Waals surface area (Å²) in [6, 6.07) is 11.7. The predicted octanol–water partition coefficient (Wildman–Crippen LogP) is 4.53. The van der Waals surface area contributed by atoms with E-state index in [2.05, 4.69) is 39.5 Å². The summed E-state index contributed by atoms with van der Waals surface area (Å²) >= 11 is 0. The number of rotatable bonds is 6. The van der Waals surface area contributed by atoms with Gasteiger partial charge in [0.15, 0.2) is 0 Å². The number of benzene rings is 1. The number of nitrogens with two attached hydrogens (primary N) is 1. The maximum atomic E-state index is 9.87. The Hall–Kier alpha value is -4.44. The van der Waals surface area contributed by atoms with Crippen LogP contribution >= 0.6 is 0 Å². The molecule has 0 fully saturated rings. The lowest BCUT2D eigenvalue weighted by Gasteiger charge is -1.91. The molecular formula is C24H30N2O5. The molecule has 0 atom stereocenters. The van der Waals surface area contributed by atoms with E-state index < -0.39 is 24.3 Å². The Morgan fingerprint density at radius 3 is 1.55 bits per heavy atom. The van der Waals surface area contributed by atoms with Crippen LogP contribution in [0.25, 0.3) is 6.08 Å². The highest BCUT2D eigenvalue weighted by Crippen LogP contribution is 1.97. The number of nitriles is 1. The molecule has 1 aromatic carbocycles. The summed E-state index contributed by atoms with van der Waals surface area (Å²) in [7, 11) is 0. The van der Waals surface area contributed by atoms with Crippen molar-refractivity contribution in [3.63, 3.8) is 0 Å². The molecule has 0 heterocycles. The number of carbonyl (C=O) groups excluding carboxylic acids is 1. The van der Waals surface area contributed by atoms with E-state index in [1.807, 2.05) is 36.4 Å². The van der Waals surface area contributed by atoms with Gasteiger partial charge in [-0.2, -0.15) is 5.26 Å². The van der Waals surface area contributed by atoms with Crippen LogP contribution in [0.4, 0.5) is 0 Å². The van der Waals surface area contributed by atoms with Gasteiger partial charge in [0.2, 0.25) is 5.91 Å². The van der Waals surface area contributed by atoms with Gasteiger partial charge in [0, 0.05) is 17.2 Å². The van der Waals surface area contributed by atoms with Crippen molar-refractivity contribution in [3.05, 3.63) is 105 Å². The fourth-order valence-electron chi connectivity index (χ4n) is 0.847. The van der Waals surface area contributed by atoms with Crippen molar-refractivity contribution in [2.75, 3.05) is 0 Å². The molecule has 0 saturated heterocycles. The summed E-state index contributed by atoms with van der Waals surface area (Å²) in [5, 5.41) is 23.6. The Bertz CT molecular complexity index is 770. The van der Waals surface area contributed by atoms with Gasteiger partial charge >= 0.3 is 11.9 Å². The van der Waals surface area contributed by atoms with E-state index in [1.165, 1.54) is 11.6 Å². The Kier molecular flexibility index (Phi) is 28.1. The minimum Gasteiger partial charge on any atom is -0.481 e. The minimum atomic E-state index is -1.27. The largest absolute Gasteiger partial charge is 0.481 e. The number of carbonyl (C=O) groups is 3. The van der Waals surface area contributed by atoms with Gasteiger partial charge in [-0.1, -0.05) is 88.0 Å². The Balaban J connectivity index is -0.000000153. The zero-order valence-corrected chi connectivity index (χ0v) is 17.8. The van der Waals surface area contributed by atoms with Crippen LogP contribution in [-0.2, 0) is 14.4 Å². The topological polar surface area (TPSA) is 141 Å². The molecule has 4 N–H and O–H groups in total. The molecule has 0 aliphatic rings. The first kappa shape index (κ1) is 34.1. The van der Waals surface area contributed by atoms with E-state index in [9.17, 15) is 14.4 Å². The lowest BCUT2D eigenvalue weighted by Crippen LogP contribution is -2.10. The Morgan fingerprint density at radius 1 is 1.03 bits per heavy atom. The third-order valence-electron chi connectivity index (χ3n) is 2.38. The number of nitrogens with zero attached hydrogens (tertiary/aromatic N) is 1. The van der Waals surface area contributed by atoms with Crippen LogP contribution in [0, 0.1) is 11.3 Å². The summed E-state index contributed by atoms with van der Waals surface area (Å²) in [5.41, 5.74) is 5.97. The van der Waals surface area contributed by atoms with Crippen LogP contribution in [0.1, 0.15) is 18.9 Å². The van der Waals surface area contributed by atoms with E-state index in [1.54, 1.807) is 25.1 Å². The second kappa shape index (κ2) is 25.6. The molecule has 7 nitrogen and oxygen atoms in total. The van der Waals surface area contributed by atoms with Gasteiger partial charge in [-0.3, -0.25) is 9.59 Å². The summed E-state index contributed by atoms with van der Waals surface area (Å²) in [5.74, 6) is -2.88. The number of hydrogen-bond donors (Lipinski definition) is 3. The monoisotopic (exact) mass is 426 g/mol. The van der Waals surface area contributed by atoms with Crippen LogP contribution in [0.5, 0.6) is 0 Å². The van der Waals surface area contributed by atoms with Crippen molar-refractivity contribution in [1.29, 1.82) is 5.26 Å². The third kappa shape index (κ3) is 37.1. The molecule has 166 valence electrons. The normalized spacial score (nSPS) is 7.23. The van der Waals surface area contributed by atoms with E-state index in [-0.39, 0.29) is 5.57 Å². The molecule has 0 bridgehead atoms. The molecule has 1 rings (SSSR count). The van der Waals surface area contributed by atoms with Gasteiger partial charge in [-0.25, -0.2) is 4.79 Å². The third-order valence-corrected chi connectivity index (χ3v) is 2.38. The SMILES string of the molecule is C=C(C)C(N)=O.C=C(CC(=O)O)C(=O)O.C=CC#N.C=CC=C.C=Cc1ccccc1. The summed E-state index contributed by atoms with van der Waals surface area (Å²) in [6.45, 7) is 21.3.